The summed E-state index contributed by atoms with van der Waals surface area (Å²) in [6, 6.07) is 15.1. The summed E-state index contributed by atoms with van der Waals surface area (Å²) in [5.74, 6) is 0.457. The van der Waals surface area contributed by atoms with Gasteiger partial charge in [0.25, 0.3) is 0 Å². The third-order valence-corrected chi connectivity index (χ3v) is 7.65. The van der Waals surface area contributed by atoms with Crippen LogP contribution in [0.15, 0.2) is 53.4 Å². The van der Waals surface area contributed by atoms with E-state index in [1.54, 1.807) is 6.07 Å². The lowest BCUT2D eigenvalue weighted by Crippen LogP contribution is -2.47. The molecule has 0 radical (unpaired) electrons. The van der Waals surface area contributed by atoms with Crippen LogP contribution in [-0.4, -0.2) is 56.0 Å². The van der Waals surface area contributed by atoms with Crippen LogP contribution >= 0.6 is 11.6 Å². The number of likely N-dealkylation sites (N-methyl/N-ethyl adjacent to an activating group) is 1. The van der Waals surface area contributed by atoms with E-state index in [1.165, 1.54) is 24.3 Å². The minimum atomic E-state index is -4.03. The Hall–Kier alpha value is -2.73. The molecule has 0 saturated carbocycles. The van der Waals surface area contributed by atoms with Gasteiger partial charge in [-0.25, -0.2) is 18.4 Å². The van der Waals surface area contributed by atoms with Crippen molar-refractivity contribution in [3.8, 4) is 6.07 Å². The first-order valence-corrected chi connectivity index (χ1v) is 12.0. The summed E-state index contributed by atoms with van der Waals surface area (Å²) in [6.45, 7) is 6.12. The number of anilines is 1. The third kappa shape index (κ3) is 4.22. The van der Waals surface area contributed by atoms with Gasteiger partial charge < -0.3 is 9.80 Å². The van der Waals surface area contributed by atoms with Crippen molar-refractivity contribution in [1.82, 2.24) is 14.9 Å². The minimum absolute atomic E-state index is 0.0279. The van der Waals surface area contributed by atoms with Crippen molar-refractivity contribution < 1.29 is 8.42 Å². The largest absolute Gasteiger partial charge is 0.352 e. The molecule has 0 amide bonds. The Bertz CT molecular complexity index is 1230. The summed E-state index contributed by atoms with van der Waals surface area (Å²) < 4.78 is 26.8. The number of piperazine rings is 1. The van der Waals surface area contributed by atoms with Crippen LogP contribution < -0.4 is 4.90 Å². The van der Waals surface area contributed by atoms with E-state index < -0.39 is 15.1 Å². The van der Waals surface area contributed by atoms with Crippen LogP contribution in [0.3, 0.4) is 0 Å². The topological polar surface area (TPSA) is 90.2 Å². The SMILES string of the molecule is CCN1CCN(c2nc3ccccc3nc2[C@@H](C#N)S(=O)(=O)c2ccc(Cl)cc2)CC1. The van der Waals surface area contributed by atoms with E-state index in [9.17, 15) is 13.7 Å². The molecule has 160 valence electrons. The highest BCUT2D eigenvalue weighted by atomic mass is 35.5. The maximum atomic E-state index is 13.4. The number of para-hydroxylation sites is 2. The lowest BCUT2D eigenvalue weighted by Gasteiger charge is -2.35. The molecular weight excluding hydrogens is 434 g/mol. The zero-order chi connectivity index (χ0) is 22.0. The van der Waals surface area contributed by atoms with Crippen LogP contribution in [0, 0.1) is 11.3 Å². The highest BCUT2D eigenvalue weighted by molar-refractivity contribution is 7.92. The molecule has 3 aromatic rings. The van der Waals surface area contributed by atoms with E-state index >= 15 is 0 Å². The smallest absolute Gasteiger partial charge is 0.200 e. The summed E-state index contributed by atoms with van der Waals surface area (Å²) in [7, 11) is -4.03. The Morgan fingerprint density at radius 1 is 1.03 bits per heavy atom. The van der Waals surface area contributed by atoms with Gasteiger partial charge in [-0.3, -0.25) is 0 Å². The minimum Gasteiger partial charge on any atom is -0.352 e. The molecule has 9 heteroatoms. The summed E-state index contributed by atoms with van der Waals surface area (Å²) in [5, 5.41) is 8.90. The van der Waals surface area contributed by atoms with Gasteiger partial charge in [-0.15, -0.1) is 0 Å². The number of hydrogen-bond donors (Lipinski definition) is 0. The van der Waals surface area contributed by atoms with Gasteiger partial charge in [0, 0.05) is 31.2 Å². The van der Waals surface area contributed by atoms with Crippen LogP contribution in [0.4, 0.5) is 5.82 Å². The highest BCUT2D eigenvalue weighted by Crippen LogP contribution is 2.34. The number of fused-ring (bicyclic) bond motifs is 1. The summed E-state index contributed by atoms with van der Waals surface area (Å²) in [4.78, 5) is 13.7. The molecule has 0 aliphatic carbocycles. The molecule has 0 bridgehead atoms. The average Bonchev–Trinajstić information content (AvgIpc) is 2.79. The molecular formula is C22H22ClN5O2S. The molecule has 0 spiro atoms. The summed E-state index contributed by atoms with van der Waals surface area (Å²) in [6.07, 6.45) is 0. The molecule has 1 atom stereocenters. The number of nitrogens with zero attached hydrogens (tertiary/aromatic N) is 5. The fraction of sp³-hybridized carbons (Fsp3) is 0.318. The molecule has 0 N–H and O–H groups in total. The Morgan fingerprint density at radius 2 is 1.65 bits per heavy atom. The monoisotopic (exact) mass is 455 g/mol. The predicted molar refractivity (Wildman–Crippen MR) is 121 cm³/mol. The molecule has 7 nitrogen and oxygen atoms in total. The number of halogens is 1. The van der Waals surface area contributed by atoms with Gasteiger partial charge in [-0.2, -0.15) is 5.26 Å². The first-order chi connectivity index (χ1) is 14.9. The van der Waals surface area contributed by atoms with E-state index in [-0.39, 0.29) is 10.6 Å². The Labute approximate surface area is 186 Å². The van der Waals surface area contributed by atoms with Gasteiger partial charge in [0.2, 0.25) is 9.84 Å². The quantitative estimate of drug-likeness (QED) is 0.581. The van der Waals surface area contributed by atoms with Gasteiger partial charge in [-0.05, 0) is 42.9 Å². The number of nitriles is 1. The lowest BCUT2D eigenvalue weighted by atomic mass is 10.2. The maximum absolute atomic E-state index is 13.4. The fourth-order valence-electron chi connectivity index (χ4n) is 3.73. The Kier molecular flexibility index (Phi) is 6.10. The van der Waals surface area contributed by atoms with E-state index in [1.807, 2.05) is 29.2 Å². The van der Waals surface area contributed by atoms with Crippen LogP contribution in [0.1, 0.15) is 17.9 Å². The van der Waals surface area contributed by atoms with Crippen LogP contribution in [0.5, 0.6) is 0 Å². The zero-order valence-corrected chi connectivity index (χ0v) is 18.6. The first kappa shape index (κ1) is 21.5. The zero-order valence-electron chi connectivity index (χ0n) is 17.1. The van der Waals surface area contributed by atoms with Crippen molar-refractivity contribution in [3.63, 3.8) is 0 Å². The summed E-state index contributed by atoms with van der Waals surface area (Å²) in [5.41, 5.74) is 1.39. The van der Waals surface area contributed by atoms with Crippen molar-refractivity contribution in [2.75, 3.05) is 37.6 Å². The third-order valence-electron chi connectivity index (χ3n) is 5.52. The molecule has 31 heavy (non-hydrogen) atoms. The van der Waals surface area contributed by atoms with E-state index in [0.717, 1.165) is 19.6 Å². The standard InChI is InChI=1S/C22H22ClN5O2S/c1-2-27-11-13-28(14-12-27)22-21(25-18-5-3-4-6-19(18)26-22)20(15-24)31(29,30)17-9-7-16(23)8-10-17/h3-10,20H,2,11-14H2,1H3/t20-/m1/s1. The molecule has 1 aromatic heterocycles. The number of hydrogen-bond acceptors (Lipinski definition) is 7. The molecule has 0 unspecified atom stereocenters. The van der Waals surface area contributed by atoms with Gasteiger partial charge >= 0.3 is 0 Å². The van der Waals surface area contributed by atoms with E-state index in [4.69, 9.17) is 16.6 Å². The molecule has 2 aromatic carbocycles. The van der Waals surface area contributed by atoms with Crippen molar-refractivity contribution in [2.24, 2.45) is 0 Å². The van der Waals surface area contributed by atoms with Crippen molar-refractivity contribution in [3.05, 3.63) is 59.2 Å². The normalized spacial score (nSPS) is 16.2. The Balaban J connectivity index is 1.84. The van der Waals surface area contributed by atoms with Crippen LogP contribution in [0.25, 0.3) is 11.0 Å². The first-order valence-electron chi connectivity index (χ1n) is 10.1. The van der Waals surface area contributed by atoms with Gasteiger partial charge in [0.1, 0.15) is 5.69 Å². The molecule has 2 heterocycles. The fourth-order valence-corrected chi connectivity index (χ4v) is 5.23. The van der Waals surface area contributed by atoms with Crippen molar-refractivity contribution in [2.45, 2.75) is 17.1 Å². The second-order valence-electron chi connectivity index (χ2n) is 7.35. The maximum Gasteiger partial charge on any atom is 0.200 e. The molecule has 1 aliphatic heterocycles. The molecule has 4 rings (SSSR count). The predicted octanol–water partition coefficient (Wildman–Crippen LogP) is 3.46. The molecule has 1 fully saturated rings. The average molecular weight is 456 g/mol. The molecule has 1 aliphatic rings. The van der Waals surface area contributed by atoms with Crippen molar-refractivity contribution in [1.29, 1.82) is 5.26 Å². The number of sulfone groups is 1. The van der Waals surface area contributed by atoms with E-state index in [0.29, 0.717) is 35.0 Å². The van der Waals surface area contributed by atoms with E-state index in [2.05, 4.69) is 16.8 Å². The van der Waals surface area contributed by atoms with Gasteiger partial charge in [-0.1, -0.05) is 30.7 Å². The summed E-state index contributed by atoms with van der Waals surface area (Å²) >= 11 is 5.92. The highest BCUT2D eigenvalue weighted by Gasteiger charge is 2.35. The number of benzene rings is 2. The van der Waals surface area contributed by atoms with Gasteiger partial charge in [0.15, 0.2) is 11.1 Å². The lowest BCUT2D eigenvalue weighted by molar-refractivity contribution is 0.270. The molecule has 1 saturated heterocycles. The second-order valence-corrected chi connectivity index (χ2v) is 9.82. The second kappa shape index (κ2) is 8.79. The van der Waals surface area contributed by atoms with Gasteiger partial charge in [0.05, 0.1) is 22.0 Å². The number of rotatable bonds is 5. The number of aromatic nitrogens is 2. The van der Waals surface area contributed by atoms with Crippen LogP contribution in [-0.2, 0) is 9.84 Å². The van der Waals surface area contributed by atoms with Crippen LogP contribution in [0.2, 0.25) is 5.02 Å². The van der Waals surface area contributed by atoms with Crippen molar-refractivity contribution >= 4 is 38.3 Å². The Morgan fingerprint density at radius 3 is 2.23 bits per heavy atom.